The van der Waals surface area contributed by atoms with E-state index in [1.807, 2.05) is 7.05 Å². The van der Waals surface area contributed by atoms with Crippen molar-refractivity contribution in [2.45, 2.75) is 53.4 Å². The van der Waals surface area contributed by atoms with Crippen LogP contribution in [0, 0.1) is 11.8 Å². The van der Waals surface area contributed by atoms with E-state index in [2.05, 4.69) is 66.8 Å². The Labute approximate surface area is 183 Å². The van der Waals surface area contributed by atoms with E-state index in [1.165, 1.54) is 38.6 Å². The highest BCUT2D eigenvalue weighted by atomic mass is 16.1. The molecular formula is C23H42N6O. The summed E-state index contributed by atoms with van der Waals surface area (Å²) >= 11 is 0. The van der Waals surface area contributed by atoms with Gasteiger partial charge in [-0.2, -0.15) is 0 Å². The molecule has 7 nitrogen and oxygen atoms in total. The van der Waals surface area contributed by atoms with Gasteiger partial charge in [0.05, 0.1) is 25.0 Å². The Morgan fingerprint density at radius 3 is 2.30 bits per heavy atom. The molecule has 0 spiro atoms. The normalized spacial score (nSPS) is 13.2. The van der Waals surface area contributed by atoms with Crippen LogP contribution in [0.1, 0.15) is 53.4 Å². The highest BCUT2D eigenvalue weighted by Gasteiger charge is 2.08. The van der Waals surface area contributed by atoms with Gasteiger partial charge in [-0.1, -0.05) is 46.0 Å². The number of amidine groups is 1. The minimum Gasteiger partial charge on any atom is -0.397 e. The summed E-state index contributed by atoms with van der Waals surface area (Å²) in [5.41, 5.74) is 12.8. The van der Waals surface area contributed by atoms with Gasteiger partial charge in [0.1, 0.15) is 17.8 Å². The lowest BCUT2D eigenvalue weighted by Gasteiger charge is -2.12. The monoisotopic (exact) mass is 418 g/mol. The zero-order chi connectivity index (χ0) is 23.2. The summed E-state index contributed by atoms with van der Waals surface area (Å²) in [5.74, 6) is 6.08. The Bertz CT molecular complexity index is 632. The highest BCUT2D eigenvalue weighted by Crippen LogP contribution is 2.11. The van der Waals surface area contributed by atoms with Gasteiger partial charge in [0.2, 0.25) is 0 Å². The van der Waals surface area contributed by atoms with Crippen molar-refractivity contribution in [3.05, 3.63) is 23.0 Å². The van der Waals surface area contributed by atoms with E-state index in [1.54, 1.807) is 6.08 Å². The Morgan fingerprint density at radius 2 is 1.80 bits per heavy atom. The van der Waals surface area contributed by atoms with Gasteiger partial charge < -0.3 is 21.7 Å². The van der Waals surface area contributed by atoms with Crippen LogP contribution >= 0.6 is 0 Å². The van der Waals surface area contributed by atoms with E-state index in [0.717, 1.165) is 6.29 Å². The molecule has 0 bridgehead atoms. The van der Waals surface area contributed by atoms with Gasteiger partial charge in [-0.3, -0.25) is 9.79 Å². The molecule has 0 unspecified atom stereocenters. The molecule has 30 heavy (non-hydrogen) atoms. The van der Waals surface area contributed by atoms with Crippen molar-refractivity contribution in [3.63, 3.8) is 0 Å². The third kappa shape index (κ3) is 17.7. The van der Waals surface area contributed by atoms with E-state index in [4.69, 9.17) is 11.5 Å². The first-order valence-electron chi connectivity index (χ1n) is 10.7. The van der Waals surface area contributed by atoms with E-state index in [-0.39, 0.29) is 0 Å². The second-order valence-corrected chi connectivity index (χ2v) is 6.82. The molecule has 0 radical (unpaired) electrons. The average Bonchev–Trinajstić information content (AvgIpc) is 2.84. The second kappa shape index (κ2) is 21.3. The summed E-state index contributed by atoms with van der Waals surface area (Å²) in [5, 5.41) is 2.91. The van der Waals surface area contributed by atoms with E-state index >= 15 is 0 Å². The van der Waals surface area contributed by atoms with Crippen LogP contribution < -0.4 is 16.8 Å². The van der Waals surface area contributed by atoms with Crippen molar-refractivity contribution in [1.82, 2.24) is 10.2 Å². The zero-order valence-corrected chi connectivity index (χ0v) is 19.8. The molecule has 5 N–H and O–H groups in total. The minimum absolute atomic E-state index is 0.295. The fraction of sp³-hybridized carbons (Fsp3) is 0.609. The van der Waals surface area contributed by atoms with Gasteiger partial charge in [-0.15, -0.1) is 0 Å². The minimum atomic E-state index is 0.295. The maximum atomic E-state index is 10.8. The van der Waals surface area contributed by atoms with E-state index < -0.39 is 0 Å². The Morgan fingerprint density at radius 1 is 1.20 bits per heavy atom. The summed E-state index contributed by atoms with van der Waals surface area (Å²) in [7, 11) is 4.00. The molecule has 0 aromatic heterocycles. The van der Waals surface area contributed by atoms with Crippen LogP contribution in [-0.4, -0.2) is 63.5 Å². The molecule has 0 saturated heterocycles. The number of nitrogens with two attached hydrogens (primary N) is 2. The van der Waals surface area contributed by atoms with E-state index in [9.17, 15) is 4.79 Å². The Hall–Kier alpha value is -2.43. The third-order valence-corrected chi connectivity index (χ3v) is 3.42. The molecule has 0 aromatic carbocycles. The van der Waals surface area contributed by atoms with Crippen molar-refractivity contribution in [3.8, 4) is 11.8 Å². The zero-order valence-electron chi connectivity index (χ0n) is 19.8. The smallest absolute Gasteiger partial charge is 0.146 e. The highest BCUT2D eigenvalue weighted by molar-refractivity contribution is 5.95. The fourth-order valence-electron chi connectivity index (χ4n) is 2.23. The fourth-order valence-corrected chi connectivity index (χ4v) is 2.23. The van der Waals surface area contributed by atoms with Crippen molar-refractivity contribution in [2.75, 3.05) is 40.3 Å². The van der Waals surface area contributed by atoms with Crippen LogP contribution in [0.2, 0.25) is 0 Å². The van der Waals surface area contributed by atoms with Crippen molar-refractivity contribution in [1.29, 1.82) is 0 Å². The maximum Gasteiger partial charge on any atom is 0.146 e. The van der Waals surface area contributed by atoms with Crippen LogP contribution in [-0.2, 0) is 4.79 Å². The lowest BCUT2D eigenvalue weighted by Crippen LogP contribution is -2.19. The SMILES string of the molecule is CCC.CCCN(C)CCC.CNCC#CCN=CC1=C(N)C=C(C=O)CC(N)=N1. The third-order valence-electron chi connectivity index (χ3n) is 3.42. The van der Waals surface area contributed by atoms with Gasteiger partial charge in [-0.25, -0.2) is 4.99 Å². The molecule has 0 saturated carbocycles. The number of aliphatic imine (C=N–C) groups is 2. The van der Waals surface area contributed by atoms with Crippen molar-refractivity contribution in [2.24, 2.45) is 21.5 Å². The maximum absolute atomic E-state index is 10.8. The predicted molar refractivity (Wildman–Crippen MR) is 131 cm³/mol. The largest absolute Gasteiger partial charge is 0.397 e. The van der Waals surface area contributed by atoms with Crippen LogP contribution in [0.4, 0.5) is 0 Å². The van der Waals surface area contributed by atoms with E-state index in [0.29, 0.717) is 42.3 Å². The first kappa shape index (κ1) is 29.8. The second-order valence-electron chi connectivity index (χ2n) is 6.82. The summed E-state index contributed by atoms with van der Waals surface area (Å²) in [6.45, 7) is 12.1. The number of carbonyl (C=O) groups is 1. The topological polar surface area (TPSA) is 109 Å². The summed E-state index contributed by atoms with van der Waals surface area (Å²) in [6.07, 6.45) is 7.89. The molecule has 7 heteroatoms. The number of nitrogens with zero attached hydrogens (tertiary/aromatic N) is 3. The number of aldehydes is 1. The number of carbonyl (C=O) groups excluding carboxylic acids is 1. The Kier molecular flexibility index (Phi) is 21.1. The molecule has 1 heterocycles. The van der Waals surface area contributed by atoms with Crippen LogP contribution in [0.5, 0.6) is 0 Å². The van der Waals surface area contributed by atoms with Crippen molar-refractivity contribution >= 4 is 18.3 Å². The predicted octanol–water partition coefficient (Wildman–Crippen LogP) is 2.49. The average molecular weight is 419 g/mol. The molecule has 0 atom stereocenters. The molecule has 0 aliphatic carbocycles. The lowest BCUT2D eigenvalue weighted by atomic mass is 10.2. The summed E-state index contributed by atoms with van der Waals surface area (Å²) in [4.78, 5) is 21.3. The lowest BCUT2D eigenvalue weighted by molar-refractivity contribution is -0.104. The molecule has 1 aliphatic heterocycles. The standard InChI is InChI=1S/C13H17N5O.C7H17N.C3H8/c1-16-4-2-3-5-17-8-12-11(14)6-10(9-19)7-13(15)18-12;1-4-6-8(3)7-5-2;1-3-2/h6,8-9,16H,4-5,7,14H2,1H3,(H2,15,18);4-7H2,1-3H3;3H2,1-2H3. The number of hydrogen-bond donors (Lipinski definition) is 3. The van der Waals surface area contributed by atoms with Gasteiger partial charge in [0.25, 0.3) is 0 Å². The molecular weight excluding hydrogens is 376 g/mol. The summed E-state index contributed by atoms with van der Waals surface area (Å²) in [6, 6.07) is 0. The molecule has 0 aromatic rings. The quantitative estimate of drug-likeness (QED) is 0.319. The van der Waals surface area contributed by atoms with Gasteiger partial charge in [0.15, 0.2) is 0 Å². The van der Waals surface area contributed by atoms with Gasteiger partial charge in [0, 0.05) is 12.0 Å². The number of nitrogens with one attached hydrogen (secondary N) is 1. The molecule has 170 valence electrons. The molecule has 0 fully saturated rings. The van der Waals surface area contributed by atoms with Crippen LogP contribution in [0.3, 0.4) is 0 Å². The first-order chi connectivity index (χ1) is 14.4. The molecule has 1 rings (SSSR count). The molecule has 1 aliphatic rings. The van der Waals surface area contributed by atoms with Gasteiger partial charge >= 0.3 is 0 Å². The summed E-state index contributed by atoms with van der Waals surface area (Å²) < 4.78 is 0. The number of allylic oxidation sites excluding steroid dienone is 2. The van der Waals surface area contributed by atoms with Gasteiger partial charge in [-0.05, 0) is 46.1 Å². The number of hydrogen-bond acceptors (Lipinski definition) is 7. The molecule has 0 amide bonds. The van der Waals surface area contributed by atoms with Crippen LogP contribution in [0.15, 0.2) is 33.0 Å². The van der Waals surface area contributed by atoms with Crippen LogP contribution in [0.25, 0.3) is 0 Å². The Balaban J connectivity index is 0. The number of rotatable bonds is 8. The van der Waals surface area contributed by atoms with Crippen molar-refractivity contribution < 1.29 is 4.79 Å². The first-order valence-corrected chi connectivity index (χ1v) is 10.7.